The van der Waals surface area contributed by atoms with Crippen molar-refractivity contribution in [3.8, 4) is 11.4 Å². The van der Waals surface area contributed by atoms with E-state index < -0.39 is 0 Å². The average Bonchev–Trinajstić information content (AvgIpc) is 3.06. The van der Waals surface area contributed by atoms with Gasteiger partial charge < -0.3 is 0 Å². The van der Waals surface area contributed by atoms with Crippen LogP contribution in [0.1, 0.15) is 31.9 Å². The smallest absolute Gasteiger partial charge is 0.187 e. The van der Waals surface area contributed by atoms with E-state index >= 15 is 0 Å². The highest BCUT2D eigenvalue weighted by atomic mass is 35.5. The van der Waals surface area contributed by atoms with E-state index in [1.165, 1.54) is 5.56 Å². The fourth-order valence-corrected chi connectivity index (χ4v) is 3.98. The zero-order chi connectivity index (χ0) is 19.2. The highest BCUT2D eigenvalue weighted by Gasteiger charge is 2.21. The van der Waals surface area contributed by atoms with E-state index in [1.807, 2.05) is 12.1 Å². The van der Waals surface area contributed by atoms with Gasteiger partial charge in [0.15, 0.2) is 5.82 Å². The molecule has 3 aromatic rings. The van der Waals surface area contributed by atoms with Crippen molar-refractivity contribution in [1.29, 1.82) is 0 Å². The lowest BCUT2D eigenvalue weighted by Crippen LogP contribution is -2.14. The van der Waals surface area contributed by atoms with Crippen LogP contribution in [0.15, 0.2) is 52.7 Å². The van der Waals surface area contributed by atoms with E-state index in [9.17, 15) is 0 Å². The minimum Gasteiger partial charge on any atom is -0.187 e. The summed E-state index contributed by atoms with van der Waals surface area (Å²) in [6, 6.07) is 14.0. The molecule has 0 aliphatic carbocycles. The van der Waals surface area contributed by atoms with Crippen molar-refractivity contribution in [2.45, 2.75) is 31.3 Å². The maximum atomic E-state index is 6.17. The van der Waals surface area contributed by atoms with Gasteiger partial charge in [0.2, 0.25) is 5.16 Å². The molecular formula is C20H18Cl2N4S. The number of hydrogen-bond donors (Lipinski definition) is 0. The Labute approximate surface area is 172 Å². The molecule has 4 nitrogen and oxygen atoms in total. The molecular weight excluding hydrogens is 399 g/mol. The van der Waals surface area contributed by atoms with Gasteiger partial charge in [-0.2, -0.15) is 9.78 Å². The van der Waals surface area contributed by atoms with Crippen molar-refractivity contribution in [2.24, 2.45) is 5.10 Å². The molecule has 7 heteroatoms. The molecule has 0 fully saturated rings. The third-order valence-electron chi connectivity index (χ3n) is 4.43. The van der Waals surface area contributed by atoms with Crippen LogP contribution in [-0.4, -0.2) is 26.3 Å². The van der Waals surface area contributed by atoms with Crippen LogP contribution in [-0.2, 0) is 5.41 Å². The number of nitrogens with zero attached hydrogens (tertiary/aromatic N) is 4. The molecule has 0 bridgehead atoms. The lowest BCUT2D eigenvalue weighted by molar-refractivity contribution is 0.590. The van der Waals surface area contributed by atoms with Gasteiger partial charge in [0.05, 0.1) is 15.8 Å². The Morgan fingerprint density at radius 2 is 1.63 bits per heavy atom. The minimum absolute atomic E-state index is 0.109. The van der Waals surface area contributed by atoms with E-state index in [2.05, 4.69) is 55.2 Å². The second kappa shape index (κ2) is 6.97. The molecule has 0 radical (unpaired) electrons. The molecule has 27 heavy (non-hydrogen) atoms. The summed E-state index contributed by atoms with van der Waals surface area (Å²) in [5.41, 5.74) is 4.24. The van der Waals surface area contributed by atoms with Crippen molar-refractivity contribution >= 4 is 40.7 Å². The van der Waals surface area contributed by atoms with Crippen LogP contribution in [0.2, 0.25) is 10.0 Å². The van der Waals surface area contributed by atoms with Crippen LogP contribution >= 0.6 is 35.0 Å². The number of halogens is 2. The number of thioether (sulfide) groups is 1. The fraction of sp³-hybridized carbons (Fsp3) is 0.250. The van der Waals surface area contributed by atoms with Crippen molar-refractivity contribution < 1.29 is 0 Å². The van der Waals surface area contributed by atoms with Gasteiger partial charge in [-0.25, -0.2) is 0 Å². The number of benzene rings is 2. The molecule has 0 amide bonds. The predicted molar refractivity (Wildman–Crippen MR) is 113 cm³/mol. The van der Waals surface area contributed by atoms with Crippen LogP contribution in [0.25, 0.3) is 11.4 Å². The maximum absolute atomic E-state index is 6.17. The second-order valence-corrected chi connectivity index (χ2v) is 9.17. The topological polar surface area (TPSA) is 43.1 Å². The molecule has 1 aliphatic heterocycles. The highest BCUT2D eigenvalue weighted by molar-refractivity contribution is 7.99. The first-order valence-corrected chi connectivity index (χ1v) is 10.3. The average molecular weight is 417 g/mol. The number of aromatic nitrogens is 3. The zero-order valence-electron chi connectivity index (χ0n) is 15.2. The fourth-order valence-electron chi connectivity index (χ4n) is 2.84. The van der Waals surface area contributed by atoms with Crippen molar-refractivity contribution in [2.75, 3.05) is 5.75 Å². The van der Waals surface area contributed by atoms with E-state index in [1.54, 1.807) is 22.5 Å². The van der Waals surface area contributed by atoms with E-state index in [-0.39, 0.29) is 5.41 Å². The standard InChI is InChI=1S/C20H18Cl2N4S/c1-20(2,3)14-7-4-12(5-8-14)18-23-24-19-26(18)25-17(11-27-19)13-6-9-15(21)16(22)10-13/h4-10H,11H2,1-3H3. The molecule has 2 aromatic carbocycles. The van der Waals surface area contributed by atoms with Gasteiger partial charge in [-0.05, 0) is 23.1 Å². The highest BCUT2D eigenvalue weighted by Crippen LogP contribution is 2.31. The van der Waals surface area contributed by atoms with Gasteiger partial charge in [-0.3, -0.25) is 0 Å². The van der Waals surface area contributed by atoms with Crippen molar-refractivity contribution in [3.63, 3.8) is 0 Å². The third kappa shape index (κ3) is 3.64. The molecule has 1 aromatic heterocycles. The summed E-state index contributed by atoms with van der Waals surface area (Å²) in [6.07, 6.45) is 0. The molecule has 2 heterocycles. The third-order valence-corrected chi connectivity index (χ3v) is 6.10. The van der Waals surface area contributed by atoms with Crippen LogP contribution in [0.5, 0.6) is 0 Å². The Bertz CT molecular complexity index is 1030. The molecule has 0 saturated carbocycles. The Morgan fingerprint density at radius 1 is 0.926 bits per heavy atom. The summed E-state index contributed by atoms with van der Waals surface area (Å²) >= 11 is 13.8. The molecule has 0 atom stereocenters. The van der Waals surface area contributed by atoms with E-state index in [0.717, 1.165) is 27.8 Å². The first-order valence-electron chi connectivity index (χ1n) is 8.55. The largest absolute Gasteiger partial charge is 0.212 e. The Morgan fingerprint density at radius 3 is 2.30 bits per heavy atom. The lowest BCUT2D eigenvalue weighted by Gasteiger charge is -2.19. The van der Waals surface area contributed by atoms with Crippen molar-refractivity contribution in [1.82, 2.24) is 14.9 Å². The minimum atomic E-state index is 0.109. The van der Waals surface area contributed by atoms with Crippen LogP contribution in [0.3, 0.4) is 0 Å². The quantitative estimate of drug-likeness (QED) is 0.521. The lowest BCUT2D eigenvalue weighted by atomic mass is 9.87. The van der Waals surface area contributed by atoms with Gasteiger partial charge in [-0.15, -0.1) is 10.2 Å². The van der Waals surface area contributed by atoms with Gasteiger partial charge >= 0.3 is 0 Å². The predicted octanol–water partition coefficient (Wildman–Crippen LogP) is 5.91. The second-order valence-electron chi connectivity index (χ2n) is 7.41. The summed E-state index contributed by atoms with van der Waals surface area (Å²) in [7, 11) is 0. The summed E-state index contributed by atoms with van der Waals surface area (Å²) in [5.74, 6) is 1.44. The molecule has 0 unspecified atom stereocenters. The van der Waals surface area contributed by atoms with Crippen LogP contribution in [0.4, 0.5) is 0 Å². The monoisotopic (exact) mass is 416 g/mol. The summed E-state index contributed by atoms with van der Waals surface area (Å²) in [6.45, 7) is 6.60. The molecule has 4 rings (SSSR count). The molecule has 1 aliphatic rings. The molecule has 0 spiro atoms. The van der Waals surface area contributed by atoms with Gasteiger partial charge in [-0.1, -0.05) is 86.1 Å². The first kappa shape index (κ1) is 18.5. The number of rotatable bonds is 2. The SMILES string of the molecule is CC(C)(C)c1ccc(-c2nnc3n2N=C(c2ccc(Cl)c(Cl)c2)CS3)cc1. The normalized spacial score (nSPS) is 14.0. The van der Waals surface area contributed by atoms with Gasteiger partial charge in [0, 0.05) is 16.9 Å². The van der Waals surface area contributed by atoms with Crippen molar-refractivity contribution in [3.05, 3.63) is 63.6 Å². The Hall–Kier alpha value is -1.82. The zero-order valence-corrected chi connectivity index (χ0v) is 17.5. The van der Waals surface area contributed by atoms with Crippen LogP contribution < -0.4 is 0 Å². The van der Waals surface area contributed by atoms with E-state index in [0.29, 0.717) is 15.8 Å². The molecule has 138 valence electrons. The number of hydrogen-bond acceptors (Lipinski definition) is 4. The molecule has 0 N–H and O–H groups in total. The Balaban J connectivity index is 1.73. The summed E-state index contributed by atoms with van der Waals surface area (Å²) < 4.78 is 1.80. The molecule has 0 saturated heterocycles. The summed E-state index contributed by atoms with van der Waals surface area (Å²) in [5, 5.41) is 15.3. The summed E-state index contributed by atoms with van der Waals surface area (Å²) in [4.78, 5) is 0. The van der Waals surface area contributed by atoms with Crippen LogP contribution in [0, 0.1) is 0 Å². The Kier molecular flexibility index (Phi) is 4.78. The van der Waals surface area contributed by atoms with Gasteiger partial charge in [0.25, 0.3) is 0 Å². The number of fused-ring (bicyclic) bond motifs is 1. The maximum Gasteiger partial charge on any atom is 0.212 e. The van der Waals surface area contributed by atoms with Gasteiger partial charge in [0.1, 0.15) is 0 Å². The first-order chi connectivity index (χ1) is 12.8. The van der Waals surface area contributed by atoms with E-state index in [4.69, 9.17) is 28.3 Å².